The van der Waals surface area contributed by atoms with Crippen molar-refractivity contribution in [2.75, 3.05) is 14.2 Å². The van der Waals surface area contributed by atoms with Crippen molar-refractivity contribution in [3.05, 3.63) is 42.2 Å². The molecule has 0 aliphatic heterocycles. The molecule has 190 valence electrons. The van der Waals surface area contributed by atoms with Crippen molar-refractivity contribution in [1.29, 1.82) is 0 Å². The molecule has 10 heteroatoms. The van der Waals surface area contributed by atoms with E-state index in [2.05, 4.69) is 10.3 Å². The second-order valence-electron chi connectivity index (χ2n) is 8.12. The molecule has 0 aliphatic rings. The summed E-state index contributed by atoms with van der Waals surface area (Å²) in [5.74, 6) is 0.620. The maximum absolute atomic E-state index is 12.9. The average Bonchev–Trinajstić information content (AvgIpc) is 2.82. The number of nitrogens with zero attached hydrogens (tertiary/aromatic N) is 1. The number of methoxy groups -OCH3 is 2. The predicted octanol–water partition coefficient (Wildman–Crippen LogP) is 3.71. The zero-order valence-electron chi connectivity index (χ0n) is 21.0. The van der Waals surface area contributed by atoms with Crippen LogP contribution in [-0.2, 0) is 14.3 Å². The number of ether oxygens (including phenoxy) is 5. The van der Waals surface area contributed by atoms with Gasteiger partial charge in [0.05, 0.1) is 14.2 Å². The van der Waals surface area contributed by atoms with E-state index >= 15 is 0 Å². The summed E-state index contributed by atoms with van der Waals surface area (Å²) in [5, 5.41) is 2.90. The Bertz CT molecular complexity index is 1030. The first-order valence-electron chi connectivity index (χ1n) is 11.1. The van der Waals surface area contributed by atoms with Gasteiger partial charge in [-0.05, 0) is 44.0 Å². The Labute approximate surface area is 211 Å². The van der Waals surface area contributed by atoms with E-state index in [4.69, 9.17) is 35.9 Å². The van der Waals surface area contributed by atoms with Crippen LogP contribution in [-0.4, -0.2) is 54.4 Å². The number of aromatic nitrogens is 1. The molecule has 0 aliphatic carbocycles. The van der Waals surface area contributed by atoms with E-state index in [1.807, 2.05) is 20.8 Å². The zero-order chi connectivity index (χ0) is 26.1. The average molecular weight is 505 g/mol. The highest BCUT2D eigenvalue weighted by atomic mass is 32.1. The third kappa shape index (κ3) is 7.81. The standard InChI is InChI=1S/C25H32N2O7S/c1-14(2)22(16(4)32-19-10-8-18(30-6)9-11-19)34-25(29)15(3)27-24(35)21-23(33-17(5)28)20(31-7)12-13-26-21/h8-16,22H,1-7H3,(H,27,35)/t15-,16-,22?/m0/s1. The number of esters is 2. The number of benzene rings is 1. The van der Waals surface area contributed by atoms with Crippen LogP contribution < -0.4 is 24.3 Å². The molecule has 0 fully saturated rings. The van der Waals surface area contributed by atoms with Gasteiger partial charge in [0.15, 0.2) is 5.75 Å². The van der Waals surface area contributed by atoms with Gasteiger partial charge in [-0.25, -0.2) is 9.78 Å². The van der Waals surface area contributed by atoms with Crippen LogP contribution in [0.4, 0.5) is 0 Å². The minimum Gasteiger partial charge on any atom is -0.497 e. The molecular weight excluding hydrogens is 472 g/mol. The van der Waals surface area contributed by atoms with E-state index in [9.17, 15) is 9.59 Å². The molecule has 3 atom stereocenters. The van der Waals surface area contributed by atoms with Crippen molar-refractivity contribution in [2.45, 2.75) is 52.9 Å². The molecule has 0 spiro atoms. The molecule has 2 aromatic rings. The van der Waals surface area contributed by atoms with Gasteiger partial charge in [-0.3, -0.25) is 4.79 Å². The first-order valence-corrected chi connectivity index (χ1v) is 11.5. The molecule has 1 unspecified atom stereocenters. The first-order chi connectivity index (χ1) is 16.6. The van der Waals surface area contributed by atoms with Gasteiger partial charge in [0, 0.05) is 19.2 Å². The van der Waals surface area contributed by atoms with Crippen molar-refractivity contribution in [2.24, 2.45) is 5.92 Å². The third-order valence-electron chi connectivity index (χ3n) is 5.00. The Morgan fingerprint density at radius 1 is 0.971 bits per heavy atom. The largest absolute Gasteiger partial charge is 0.497 e. The highest BCUT2D eigenvalue weighted by Crippen LogP contribution is 2.30. The van der Waals surface area contributed by atoms with E-state index in [0.29, 0.717) is 5.75 Å². The fourth-order valence-electron chi connectivity index (χ4n) is 3.27. The lowest BCUT2D eigenvalue weighted by Crippen LogP contribution is -2.44. The van der Waals surface area contributed by atoms with Crippen molar-refractivity contribution in [3.8, 4) is 23.0 Å². The Kier molecular flexibility index (Phi) is 10.3. The minimum atomic E-state index is -0.810. The Morgan fingerprint density at radius 2 is 1.60 bits per heavy atom. The molecule has 0 bridgehead atoms. The minimum absolute atomic E-state index is 0.0121. The number of hydrogen-bond acceptors (Lipinski definition) is 9. The third-order valence-corrected chi connectivity index (χ3v) is 5.31. The molecule has 35 heavy (non-hydrogen) atoms. The van der Waals surface area contributed by atoms with Gasteiger partial charge in [-0.2, -0.15) is 0 Å². The predicted molar refractivity (Wildman–Crippen MR) is 134 cm³/mol. The normalized spacial score (nSPS) is 13.3. The summed E-state index contributed by atoms with van der Waals surface area (Å²) < 4.78 is 27.4. The second-order valence-corrected chi connectivity index (χ2v) is 8.53. The Hall–Kier alpha value is -3.40. The molecule has 1 aromatic carbocycles. The van der Waals surface area contributed by atoms with Crippen LogP contribution in [0, 0.1) is 5.92 Å². The van der Waals surface area contributed by atoms with E-state index in [-0.39, 0.29) is 28.1 Å². The van der Waals surface area contributed by atoms with Gasteiger partial charge < -0.3 is 29.0 Å². The topological polar surface area (TPSA) is 105 Å². The molecular formula is C25H32N2O7S. The SMILES string of the molecule is COc1ccc(O[C@@H](C)C(OC(=O)[C@H](C)NC(=S)c2nccc(OC)c2OC(C)=O)C(C)C)cc1. The number of thiocarbonyl (C=S) groups is 1. The summed E-state index contributed by atoms with van der Waals surface area (Å²) >= 11 is 5.42. The summed E-state index contributed by atoms with van der Waals surface area (Å²) in [5.41, 5.74) is 0.172. The van der Waals surface area contributed by atoms with Gasteiger partial charge in [-0.15, -0.1) is 0 Å². The summed E-state index contributed by atoms with van der Waals surface area (Å²) in [6.07, 6.45) is 0.529. The first kappa shape index (κ1) is 27.8. The number of nitrogens with one attached hydrogen (secondary N) is 1. The number of hydrogen-bond donors (Lipinski definition) is 1. The van der Waals surface area contributed by atoms with Crippen LogP contribution >= 0.6 is 12.2 Å². The van der Waals surface area contributed by atoms with Gasteiger partial charge in [0.2, 0.25) is 5.75 Å². The van der Waals surface area contributed by atoms with Gasteiger partial charge in [0.1, 0.15) is 40.4 Å². The monoisotopic (exact) mass is 504 g/mol. The molecule has 0 saturated carbocycles. The van der Waals surface area contributed by atoms with E-state index in [1.165, 1.54) is 20.2 Å². The van der Waals surface area contributed by atoms with E-state index < -0.39 is 30.2 Å². The fraction of sp³-hybridized carbons (Fsp3) is 0.440. The van der Waals surface area contributed by atoms with Crippen molar-refractivity contribution >= 4 is 29.1 Å². The molecule has 0 saturated heterocycles. The maximum atomic E-state index is 12.9. The summed E-state index contributed by atoms with van der Waals surface area (Å²) in [6, 6.07) is 7.90. The van der Waals surface area contributed by atoms with Crippen LogP contribution in [0.2, 0.25) is 0 Å². The van der Waals surface area contributed by atoms with Gasteiger partial charge >= 0.3 is 11.9 Å². The number of rotatable bonds is 11. The van der Waals surface area contributed by atoms with Gasteiger partial charge in [0.25, 0.3) is 0 Å². The highest BCUT2D eigenvalue weighted by Gasteiger charge is 2.30. The molecule has 0 amide bonds. The lowest BCUT2D eigenvalue weighted by Gasteiger charge is -2.29. The zero-order valence-corrected chi connectivity index (χ0v) is 21.8. The van der Waals surface area contributed by atoms with Crippen LogP contribution in [0.15, 0.2) is 36.5 Å². The van der Waals surface area contributed by atoms with Crippen LogP contribution in [0.5, 0.6) is 23.0 Å². The fourth-order valence-corrected chi connectivity index (χ4v) is 3.59. The van der Waals surface area contributed by atoms with Crippen LogP contribution in [0.25, 0.3) is 0 Å². The number of pyridine rings is 1. The summed E-state index contributed by atoms with van der Waals surface area (Å²) in [4.78, 5) is 28.7. The molecule has 1 aromatic heterocycles. The van der Waals surface area contributed by atoms with Crippen molar-refractivity contribution in [3.63, 3.8) is 0 Å². The summed E-state index contributed by atoms with van der Waals surface area (Å²) in [6.45, 7) is 8.61. The van der Waals surface area contributed by atoms with E-state index in [0.717, 1.165) is 5.75 Å². The lowest BCUT2D eigenvalue weighted by atomic mass is 10.0. The second kappa shape index (κ2) is 12.9. The molecule has 1 heterocycles. The highest BCUT2D eigenvalue weighted by molar-refractivity contribution is 7.80. The number of carbonyl (C=O) groups excluding carboxylic acids is 2. The molecule has 9 nitrogen and oxygen atoms in total. The maximum Gasteiger partial charge on any atom is 0.328 e. The molecule has 0 radical (unpaired) electrons. The van der Waals surface area contributed by atoms with Gasteiger partial charge in [-0.1, -0.05) is 26.1 Å². The van der Waals surface area contributed by atoms with Crippen molar-refractivity contribution < 1.29 is 33.3 Å². The Balaban J connectivity index is 2.09. The van der Waals surface area contributed by atoms with Crippen LogP contribution in [0.3, 0.4) is 0 Å². The Morgan fingerprint density at radius 3 is 2.14 bits per heavy atom. The van der Waals surface area contributed by atoms with Crippen molar-refractivity contribution in [1.82, 2.24) is 10.3 Å². The molecule has 2 rings (SSSR count). The molecule has 1 N–H and O–H groups in total. The lowest BCUT2D eigenvalue weighted by molar-refractivity contribution is -0.158. The smallest absolute Gasteiger partial charge is 0.328 e. The van der Waals surface area contributed by atoms with E-state index in [1.54, 1.807) is 44.4 Å². The van der Waals surface area contributed by atoms with Crippen LogP contribution in [0.1, 0.15) is 40.3 Å². The number of carbonyl (C=O) groups is 2. The summed E-state index contributed by atoms with van der Waals surface area (Å²) in [7, 11) is 3.03. The quantitative estimate of drug-likeness (QED) is 0.360.